The van der Waals surface area contributed by atoms with Crippen molar-refractivity contribution in [3.05, 3.63) is 58.1 Å². The Kier molecular flexibility index (Phi) is 4.36. The number of hydrogen-bond acceptors (Lipinski definition) is 2. The fraction of sp³-hybridized carbons (Fsp3) is 0.176. The minimum Gasteiger partial charge on any atom is -0.323 e. The summed E-state index contributed by atoms with van der Waals surface area (Å²) in [5, 5.41) is 2.37. The molecule has 7 heteroatoms. The van der Waals surface area contributed by atoms with Crippen LogP contribution in [0.1, 0.15) is 18.4 Å². The van der Waals surface area contributed by atoms with Crippen LogP contribution in [0.5, 0.6) is 0 Å². The lowest BCUT2D eigenvalue weighted by atomic mass is 10.00. The molecule has 1 N–H and O–H groups in total. The van der Waals surface area contributed by atoms with Crippen LogP contribution in [0.4, 0.5) is 20.2 Å². The van der Waals surface area contributed by atoms with Gasteiger partial charge in [-0.2, -0.15) is 0 Å². The maximum Gasteiger partial charge on any atom is 0.244 e. The standard InChI is InChI=1S/C17H13BrF2N2O2/c1-2-22-14-6-3-9(18)7-11(14)15(17(22)24)16(23)21-13-5-4-10(19)8-12(13)20/h3-8,15H,2H2,1H3,(H,21,23)/t15-/m1/s1. The lowest BCUT2D eigenvalue weighted by Gasteiger charge is -2.15. The van der Waals surface area contributed by atoms with Crippen LogP contribution in [-0.2, 0) is 9.59 Å². The molecule has 1 heterocycles. The number of carbonyl (C=O) groups is 2. The summed E-state index contributed by atoms with van der Waals surface area (Å²) >= 11 is 3.33. The van der Waals surface area contributed by atoms with Gasteiger partial charge in [-0.25, -0.2) is 8.78 Å². The van der Waals surface area contributed by atoms with E-state index >= 15 is 0 Å². The van der Waals surface area contributed by atoms with E-state index in [9.17, 15) is 18.4 Å². The number of likely N-dealkylation sites (N-methyl/N-ethyl adjacent to an activating group) is 1. The molecular weight excluding hydrogens is 382 g/mol. The fourth-order valence-corrected chi connectivity index (χ4v) is 3.16. The zero-order valence-electron chi connectivity index (χ0n) is 12.6. The molecule has 0 saturated carbocycles. The molecule has 2 amide bonds. The second kappa shape index (κ2) is 6.32. The monoisotopic (exact) mass is 394 g/mol. The Morgan fingerprint density at radius 1 is 1.25 bits per heavy atom. The van der Waals surface area contributed by atoms with Gasteiger partial charge in [-0.15, -0.1) is 0 Å². The van der Waals surface area contributed by atoms with Gasteiger partial charge in [-0.1, -0.05) is 15.9 Å². The first-order valence-electron chi connectivity index (χ1n) is 7.29. The zero-order valence-corrected chi connectivity index (χ0v) is 14.2. The second-order valence-electron chi connectivity index (χ2n) is 5.33. The van der Waals surface area contributed by atoms with Gasteiger partial charge in [0, 0.05) is 22.8 Å². The number of rotatable bonds is 3. The predicted octanol–water partition coefficient (Wildman–Crippen LogP) is 3.82. The second-order valence-corrected chi connectivity index (χ2v) is 6.25. The van der Waals surface area contributed by atoms with Crippen molar-refractivity contribution >= 4 is 39.1 Å². The summed E-state index contributed by atoms with van der Waals surface area (Å²) in [6.07, 6.45) is 0. The maximum atomic E-state index is 13.7. The van der Waals surface area contributed by atoms with Crippen LogP contribution < -0.4 is 10.2 Å². The van der Waals surface area contributed by atoms with Crippen molar-refractivity contribution in [2.75, 3.05) is 16.8 Å². The number of halogens is 3. The Morgan fingerprint density at radius 2 is 2.00 bits per heavy atom. The quantitative estimate of drug-likeness (QED) is 0.804. The molecule has 4 nitrogen and oxygen atoms in total. The van der Waals surface area contributed by atoms with Gasteiger partial charge >= 0.3 is 0 Å². The summed E-state index contributed by atoms with van der Waals surface area (Å²) in [5.74, 6) is -3.72. The van der Waals surface area contributed by atoms with Crippen LogP contribution in [0.2, 0.25) is 0 Å². The topological polar surface area (TPSA) is 49.4 Å². The van der Waals surface area contributed by atoms with E-state index in [0.717, 1.165) is 16.6 Å². The molecule has 0 saturated heterocycles. The molecule has 0 unspecified atom stereocenters. The van der Waals surface area contributed by atoms with E-state index in [4.69, 9.17) is 0 Å². The average Bonchev–Trinajstić information content (AvgIpc) is 2.80. The van der Waals surface area contributed by atoms with Crippen molar-refractivity contribution in [2.45, 2.75) is 12.8 Å². The molecule has 2 aromatic rings. The SMILES string of the molecule is CCN1C(=O)[C@@H](C(=O)Nc2ccc(F)cc2F)c2cc(Br)ccc21. The number of nitrogens with zero attached hydrogens (tertiary/aromatic N) is 1. The minimum atomic E-state index is -1.07. The molecular formula is C17H13BrF2N2O2. The highest BCUT2D eigenvalue weighted by Gasteiger charge is 2.41. The van der Waals surface area contributed by atoms with Gasteiger partial charge in [0.15, 0.2) is 0 Å². The summed E-state index contributed by atoms with van der Waals surface area (Å²) < 4.78 is 27.4. The minimum absolute atomic E-state index is 0.166. The largest absolute Gasteiger partial charge is 0.323 e. The molecule has 2 aromatic carbocycles. The third kappa shape index (κ3) is 2.80. The molecule has 1 aliphatic heterocycles. The molecule has 24 heavy (non-hydrogen) atoms. The molecule has 1 atom stereocenters. The van der Waals surface area contributed by atoms with Crippen molar-refractivity contribution in [1.29, 1.82) is 0 Å². The van der Waals surface area contributed by atoms with Crippen LogP contribution in [0, 0.1) is 11.6 Å². The molecule has 0 aliphatic carbocycles. The normalized spacial score (nSPS) is 16.2. The summed E-state index contributed by atoms with van der Waals surface area (Å²) in [6.45, 7) is 2.23. The van der Waals surface area contributed by atoms with Crippen molar-refractivity contribution < 1.29 is 18.4 Å². The molecule has 0 spiro atoms. The molecule has 0 fully saturated rings. The average molecular weight is 395 g/mol. The molecule has 124 valence electrons. The summed E-state index contributed by atoms with van der Waals surface area (Å²) in [6, 6.07) is 8.09. The zero-order chi connectivity index (χ0) is 17.4. The number of nitrogens with one attached hydrogen (secondary N) is 1. The van der Waals surface area contributed by atoms with Gasteiger partial charge in [0.1, 0.15) is 17.6 Å². The summed E-state index contributed by atoms with van der Waals surface area (Å²) in [7, 11) is 0. The third-order valence-electron chi connectivity index (χ3n) is 3.87. The number of amides is 2. The van der Waals surface area contributed by atoms with Crippen molar-refractivity contribution in [1.82, 2.24) is 0 Å². The number of anilines is 2. The van der Waals surface area contributed by atoms with E-state index in [2.05, 4.69) is 21.2 Å². The van der Waals surface area contributed by atoms with Crippen molar-refractivity contribution in [2.24, 2.45) is 0 Å². The van der Waals surface area contributed by atoms with Gasteiger partial charge in [0.2, 0.25) is 11.8 Å². The highest BCUT2D eigenvalue weighted by atomic mass is 79.9. The van der Waals surface area contributed by atoms with Crippen molar-refractivity contribution in [3.8, 4) is 0 Å². The van der Waals surface area contributed by atoms with Crippen molar-refractivity contribution in [3.63, 3.8) is 0 Å². The fourth-order valence-electron chi connectivity index (χ4n) is 2.79. The third-order valence-corrected chi connectivity index (χ3v) is 4.37. The van der Waals surface area contributed by atoms with E-state index in [1.54, 1.807) is 18.2 Å². The smallest absolute Gasteiger partial charge is 0.244 e. The first-order valence-corrected chi connectivity index (χ1v) is 8.08. The molecule has 3 rings (SSSR count). The van der Waals surface area contributed by atoms with Crippen LogP contribution in [0.15, 0.2) is 40.9 Å². The highest BCUT2D eigenvalue weighted by molar-refractivity contribution is 9.10. The van der Waals surface area contributed by atoms with Gasteiger partial charge in [0.05, 0.1) is 5.69 Å². The van der Waals surface area contributed by atoms with E-state index in [-0.39, 0.29) is 11.6 Å². The first kappa shape index (κ1) is 16.6. The Labute approximate surface area is 145 Å². The van der Waals surface area contributed by atoms with Crippen LogP contribution in [-0.4, -0.2) is 18.4 Å². The molecule has 1 aliphatic rings. The predicted molar refractivity (Wildman–Crippen MR) is 89.9 cm³/mol. The Balaban J connectivity index is 1.95. The molecule has 0 radical (unpaired) electrons. The lowest BCUT2D eigenvalue weighted by molar-refractivity contribution is -0.126. The van der Waals surface area contributed by atoms with E-state index in [1.165, 1.54) is 4.90 Å². The van der Waals surface area contributed by atoms with Gasteiger partial charge in [-0.05, 0) is 42.8 Å². The Hall–Kier alpha value is -2.28. The number of hydrogen-bond donors (Lipinski definition) is 1. The molecule has 0 aromatic heterocycles. The Morgan fingerprint density at radius 3 is 2.67 bits per heavy atom. The van der Waals surface area contributed by atoms with Crippen LogP contribution in [0.25, 0.3) is 0 Å². The maximum absolute atomic E-state index is 13.7. The summed E-state index contributed by atoms with van der Waals surface area (Å²) in [4.78, 5) is 26.6. The summed E-state index contributed by atoms with van der Waals surface area (Å²) in [5.41, 5.74) is 1.04. The van der Waals surface area contributed by atoms with Gasteiger partial charge in [-0.3, -0.25) is 9.59 Å². The number of carbonyl (C=O) groups excluding carboxylic acids is 2. The van der Waals surface area contributed by atoms with Crippen LogP contribution >= 0.6 is 15.9 Å². The van der Waals surface area contributed by atoms with E-state index in [1.807, 2.05) is 6.92 Å². The van der Waals surface area contributed by atoms with Gasteiger partial charge < -0.3 is 10.2 Å². The first-order chi connectivity index (χ1) is 11.4. The Bertz CT molecular complexity index is 841. The lowest BCUT2D eigenvalue weighted by Crippen LogP contribution is -2.33. The van der Waals surface area contributed by atoms with Crippen LogP contribution in [0.3, 0.4) is 0 Å². The number of fused-ring (bicyclic) bond motifs is 1. The number of benzene rings is 2. The van der Waals surface area contributed by atoms with E-state index in [0.29, 0.717) is 23.9 Å². The molecule has 0 bridgehead atoms. The van der Waals surface area contributed by atoms with Gasteiger partial charge in [0.25, 0.3) is 0 Å². The van der Waals surface area contributed by atoms with E-state index < -0.39 is 23.5 Å². The highest BCUT2D eigenvalue weighted by Crippen LogP contribution is 2.39.